The quantitative estimate of drug-likeness (QED) is 0.154. The number of amidine groups is 1. The van der Waals surface area contributed by atoms with Crippen LogP contribution in [0.2, 0.25) is 0 Å². The van der Waals surface area contributed by atoms with Crippen LogP contribution in [0.1, 0.15) is 93.2 Å². The van der Waals surface area contributed by atoms with E-state index in [2.05, 4.69) is 70.0 Å². The number of amides is 1. The van der Waals surface area contributed by atoms with Gasteiger partial charge in [0.2, 0.25) is 15.9 Å². The first-order chi connectivity index (χ1) is 27.5. The minimum atomic E-state index is -3.28. The number of hydrogen-bond donors (Lipinski definition) is 1. The predicted molar refractivity (Wildman–Crippen MR) is 227 cm³/mol. The van der Waals surface area contributed by atoms with Gasteiger partial charge in [-0.3, -0.25) is 14.5 Å². The fourth-order valence-corrected chi connectivity index (χ4v) is 10.9. The molecule has 1 amide bonds. The van der Waals surface area contributed by atoms with E-state index in [1.54, 1.807) is 11.3 Å². The second-order valence-electron chi connectivity index (χ2n) is 17.1. The first-order valence-electron chi connectivity index (χ1n) is 21.1. The summed E-state index contributed by atoms with van der Waals surface area (Å²) >= 11 is 1.66. The maximum Gasteiger partial charge on any atom is 0.288 e. The van der Waals surface area contributed by atoms with E-state index in [-0.39, 0.29) is 29.8 Å². The van der Waals surface area contributed by atoms with Crippen LogP contribution in [-0.4, -0.2) is 98.4 Å². The number of Topliss-reactive ketones (excluding diaryl/α,β-unsaturated/α-hetero) is 1. The van der Waals surface area contributed by atoms with Crippen molar-refractivity contribution in [2.24, 2.45) is 22.2 Å². The SMILES string of the molecule is C[C@@H]1N=C(N2CCN(C(=O)[C@@H](CCCCNS(C)(=O)=O)CC3CCC4(CC3)CCN(Cc3ccccc3)C4)[C@H](C(=O)CCc3cccs3)C2)O[C@H]1c1ccccc1. The van der Waals surface area contributed by atoms with Crippen LogP contribution in [0.3, 0.4) is 0 Å². The molecule has 57 heavy (non-hydrogen) atoms. The summed E-state index contributed by atoms with van der Waals surface area (Å²) in [5.74, 6) is 0.376. The lowest BCUT2D eigenvalue weighted by molar-refractivity contribution is -0.146. The number of ketones is 1. The largest absolute Gasteiger partial charge is 0.455 e. The Morgan fingerprint density at radius 1 is 0.965 bits per heavy atom. The molecule has 4 atom stereocenters. The van der Waals surface area contributed by atoms with Gasteiger partial charge in [0.15, 0.2) is 5.78 Å². The summed E-state index contributed by atoms with van der Waals surface area (Å²) in [6.45, 7) is 7.04. The third kappa shape index (κ3) is 11.1. The number of hydrogen-bond acceptors (Lipinski definition) is 9. The van der Waals surface area contributed by atoms with Gasteiger partial charge in [0.25, 0.3) is 6.02 Å². The van der Waals surface area contributed by atoms with Crippen molar-refractivity contribution in [2.75, 3.05) is 45.5 Å². The summed E-state index contributed by atoms with van der Waals surface area (Å²) in [4.78, 5) is 41.8. The monoisotopic (exact) mass is 815 g/mol. The number of ether oxygens (including phenoxy) is 1. The van der Waals surface area contributed by atoms with Crippen LogP contribution < -0.4 is 4.72 Å². The Hall–Kier alpha value is -3.58. The zero-order valence-corrected chi connectivity index (χ0v) is 35.4. The number of unbranched alkanes of at least 4 members (excludes halogenated alkanes) is 1. The van der Waals surface area contributed by atoms with Crippen molar-refractivity contribution in [3.8, 4) is 0 Å². The minimum absolute atomic E-state index is 0.0672. The van der Waals surface area contributed by atoms with Gasteiger partial charge in [0.05, 0.1) is 12.3 Å². The zero-order chi connectivity index (χ0) is 39.8. The van der Waals surface area contributed by atoms with Gasteiger partial charge in [0.1, 0.15) is 12.1 Å². The molecule has 1 saturated carbocycles. The number of piperazine rings is 1. The molecular formula is C45H61N5O5S2. The molecule has 0 radical (unpaired) electrons. The normalized spacial score (nSPS) is 26.0. The lowest BCUT2D eigenvalue weighted by atomic mass is 9.68. The van der Waals surface area contributed by atoms with Crippen LogP contribution in [0.25, 0.3) is 0 Å². The average molecular weight is 816 g/mol. The molecule has 10 nitrogen and oxygen atoms in total. The number of sulfonamides is 1. The maximum absolute atomic E-state index is 14.9. The van der Waals surface area contributed by atoms with Gasteiger partial charge in [0, 0.05) is 56.5 Å². The summed E-state index contributed by atoms with van der Waals surface area (Å²) in [6.07, 6.45) is 10.8. The Labute approximate surface area is 344 Å². The van der Waals surface area contributed by atoms with Crippen LogP contribution in [0.15, 0.2) is 83.2 Å². The van der Waals surface area contributed by atoms with Gasteiger partial charge in [-0.2, -0.15) is 0 Å². The first kappa shape index (κ1) is 41.6. The van der Waals surface area contributed by atoms with Crippen molar-refractivity contribution in [1.82, 2.24) is 19.4 Å². The Kier molecular flexibility index (Phi) is 13.9. The molecule has 0 bridgehead atoms. The molecule has 7 rings (SSSR count). The summed E-state index contributed by atoms with van der Waals surface area (Å²) < 4.78 is 32.6. The number of nitrogens with one attached hydrogen (secondary N) is 1. The van der Waals surface area contributed by atoms with Crippen LogP contribution in [0.5, 0.6) is 0 Å². The smallest absolute Gasteiger partial charge is 0.288 e. The Morgan fingerprint density at radius 3 is 2.44 bits per heavy atom. The summed E-state index contributed by atoms with van der Waals surface area (Å²) in [7, 11) is -3.28. The third-order valence-electron chi connectivity index (χ3n) is 12.9. The van der Waals surface area contributed by atoms with E-state index in [1.807, 2.05) is 34.5 Å². The molecule has 2 saturated heterocycles. The van der Waals surface area contributed by atoms with Crippen LogP contribution in [-0.2, 0) is 37.3 Å². The molecule has 12 heteroatoms. The van der Waals surface area contributed by atoms with E-state index in [1.165, 1.54) is 31.1 Å². The number of benzene rings is 2. The number of rotatable bonds is 16. The van der Waals surface area contributed by atoms with Crippen LogP contribution >= 0.6 is 11.3 Å². The maximum atomic E-state index is 14.9. The first-order valence-corrected chi connectivity index (χ1v) is 23.9. The molecule has 4 heterocycles. The van der Waals surface area contributed by atoms with E-state index in [9.17, 15) is 18.0 Å². The van der Waals surface area contributed by atoms with Gasteiger partial charge in [-0.05, 0) is 105 Å². The Balaban J connectivity index is 1.03. The lowest BCUT2D eigenvalue weighted by Gasteiger charge is -2.43. The molecule has 1 N–H and O–H groups in total. The predicted octanol–water partition coefficient (Wildman–Crippen LogP) is 7.09. The molecule has 0 unspecified atom stereocenters. The van der Waals surface area contributed by atoms with Crippen molar-refractivity contribution >= 4 is 39.1 Å². The summed E-state index contributed by atoms with van der Waals surface area (Å²) in [5.41, 5.74) is 2.80. The minimum Gasteiger partial charge on any atom is -0.455 e. The fraction of sp³-hybridized carbons (Fsp3) is 0.578. The van der Waals surface area contributed by atoms with E-state index >= 15 is 0 Å². The lowest BCUT2D eigenvalue weighted by Crippen LogP contribution is -2.60. The third-order valence-corrected chi connectivity index (χ3v) is 14.5. The van der Waals surface area contributed by atoms with Gasteiger partial charge < -0.3 is 14.5 Å². The highest BCUT2D eigenvalue weighted by molar-refractivity contribution is 7.88. The van der Waals surface area contributed by atoms with Crippen molar-refractivity contribution in [2.45, 2.75) is 102 Å². The Morgan fingerprint density at radius 2 is 1.72 bits per heavy atom. The fourth-order valence-electron chi connectivity index (χ4n) is 9.68. The number of aryl methyl sites for hydroxylation is 1. The van der Waals surface area contributed by atoms with Crippen LogP contribution in [0, 0.1) is 17.3 Å². The summed E-state index contributed by atoms with van der Waals surface area (Å²) in [6, 6.07) is 24.9. The van der Waals surface area contributed by atoms with Crippen molar-refractivity contribution < 1.29 is 22.7 Å². The molecule has 4 aliphatic rings. The average Bonchev–Trinajstić information content (AvgIpc) is 3.98. The highest BCUT2D eigenvalue weighted by atomic mass is 32.2. The molecule has 1 spiro atoms. The summed E-state index contributed by atoms with van der Waals surface area (Å²) in [5, 5.41) is 2.04. The number of carbonyl (C=O) groups excluding carboxylic acids is 2. The molecule has 3 fully saturated rings. The number of carbonyl (C=O) groups is 2. The molecule has 308 valence electrons. The second kappa shape index (κ2) is 19.0. The van der Waals surface area contributed by atoms with Crippen LogP contribution in [0.4, 0.5) is 0 Å². The molecule has 1 aliphatic carbocycles. The number of nitrogens with zero attached hydrogens (tertiary/aromatic N) is 4. The van der Waals surface area contributed by atoms with Crippen molar-refractivity contribution in [3.05, 3.63) is 94.2 Å². The standard InChI is InChI=1S/C45H61N5O5S2/c1-34-42(37-14-7-4-8-15-37)55-44(47-34)49-27-28-50(40(32-49)41(51)19-18-39-17-11-29-56-39)43(52)38(16-9-10-25-46-57(2,53)54)30-35-20-22-45(23-21-35)24-26-48(33-45)31-36-12-5-3-6-13-36/h3-8,11-15,17,29,34-35,38,40,42,46H,9-10,16,18-28,30-33H2,1-2H3/t34-,35?,38-,40-,42+,45?/m0/s1. The van der Waals surface area contributed by atoms with E-state index in [4.69, 9.17) is 9.73 Å². The molecular weight excluding hydrogens is 755 g/mol. The second-order valence-corrected chi connectivity index (χ2v) is 20.0. The molecule has 3 aliphatic heterocycles. The Bertz CT molecular complexity index is 1900. The number of aliphatic imine (C=N–C) groups is 1. The molecule has 1 aromatic heterocycles. The van der Waals surface area contributed by atoms with Gasteiger partial charge in [-0.1, -0.05) is 73.2 Å². The number of likely N-dealkylation sites (tertiary alicyclic amines) is 1. The van der Waals surface area contributed by atoms with E-state index in [0.717, 1.165) is 55.8 Å². The van der Waals surface area contributed by atoms with E-state index in [0.29, 0.717) is 69.2 Å². The zero-order valence-electron chi connectivity index (χ0n) is 33.8. The van der Waals surface area contributed by atoms with E-state index < -0.39 is 16.1 Å². The molecule has 3 aromatic rings. The highest BCUT2D eigenvalue weighted by Gasteiger charge is 2.44. The molecule has 2 aromatic carbocycles. The van der Waals surface area contributed by atoms with Gasteiger partial charge in [-0.25, -0.2) is 18.1 Å². The van der Waals surface area contributed by atoms with Gasteiger partial charge in [-0.15, -0.1) is 11.3 Å². The topological polar surface area (TPSA) is 112 Å². The van der Waals surface area contributed by atoms with Gasteiger partial charge >= 0.3 is 0 Å². The number of thiophene rings is 1. The highest BCUT2D eigenvalue weighted by Crippen LogP contribution is 2.47. The van der Waals surface area contributed by atoms with Crippen molar-refractivity contribution in [3.63, 3.8) is 0 Å². The van der Waals surface area contributed by atoms with Crippen molar-refractivity contribution in [1.29, 1.82) is 0 Å².